The monoisotopic (exact) mass is 328 g/mol. The molecule has 0 fully saturated rings. The molecule has 0 aliphatic carbocycles. The Labute approximate surface area is 144 Å². The molecular weight excluding hydrogens is 312 g/mol. The number of amides is 1. The van der Waals surface area contributed by atoms with E-state index in [1.807, 2.05) is 54.7 Å². The van der Waals surface area contributed by atoms with Gasteiger partial charge in [-0.3, -0.25) is 14.8 Å². The summed E-state index contributed by atoms with van der Waals surface area (Å²) in [5, 5.41) is 3.98. The van der Waals surface area contributed by atoms with Crippen LogP contribution in [0.4, 0.5) is 0 Å². The highest BCUT2D eigenvalue weighted by molar-refractivity contribution is 5.96. The molecule has 0 spiro atoms. The quantitative estimate of drug-likeness (QED) is 0.602. The second-order valence-corrected chi connectivity index (χ2v) is 5.71. The van der Waals surface area contributed by atoms with Gasteiger partial charge in [-0.2, -0.15) is 0 Å². The van der Waals surface area contributed by atoms with E-state index in [9.17, 15) is 4.79 Å². The molecule has 5 heteroatoms. The number of H-pyrrole nitrogens is 1. The van der Waals surface area contributed by atoms with Gasteiger partial charge in [0.05, 0.1) is 5.69 Å². The smallest absolute Gasteiger partial charge is 0.251 e. The minimum absolute atomic E-state index is 0.101. The minimum Gasteiger partial charge on any atom is -0.361 e. The number of benzene rings is 1. The predicted octanol–water partition coefficient (Wildman–Crippen LogP) is 3.55. The van der Waals surface area contributed by atoms with Gasteiger partial charge in [0.15, 0.2) is 0 Å². The van der Waals surface area contributed by atoms with Crippen LogP contribution in [0.25, 0.3) is 22.2 Å². The molecule has 0 bridgehead atoms. The number of pyridine rings is 2. The molecule has 0 aliphatic heterocycles. The lowest BCUT2D eigenvalue weighted by atomic mass is 10.1. The molecular formula is C20H16N4O. The van der Waals surface area contributed by atoms with Gasteiger partial charge in [-0.25, -0.2) is 0 Å². The molecule has 0 radical (unpaired) electrons. The maximum Gasteiger partial charge on any atom is 0.251 e. The van der Waals surface area contributed by atoms with Gasteiger partial charge >= 0.3 is 0 Å². The van der Waals surface area contributed by atoms with E-state index < -0.39 is 0 Å². The standard InChI is InChI=1S/C20H16N4O/c25-20(24-13-14-5-9-21-10-6-14)16-3-1-15(2-4-16)19-17-7-11-22-18(17)8-12-23-19/h1-12,22H,13H2,(H,24,25). The first-order valence-corrected chi connectivity index (χ1v) is 8.01. The van der Waals surface area contributed by atoms with Gasteiger partial charge in [-0.1, -0.05) is 12.1 Å². The van der Waals surface area contributed by atoms with E-state index in [1.165, 1.54) is 0 Å². The summed E-state index contributed by atoms with van der Waals surface area (Å²) >= 11 is 0. The lowest BCUT2D eigenvalue weighted by Crippen LogP contribution is -2.22. The van der Waals surface area contributed by atoms with Crippen LogP contribution in [0.15, 0.2) is 73.3 Å². The molecule has 0 aliphatic rings. The van der Waals surface area contributed by atoms with Gasteiger partial charge in [0.25, 0.3) is 5.91 Å². The number of hydrogen-bond acceptors (Lipinski definition) is 3. The zero-order valence-electron chi connectivity index (χ0n) is 13.4. The maximum atomic E-state index is 12.3. The lowest BCUT2D eigenvalue weighted by Gasteiger charge is -2.07. The Bertz CT molecular complexity index is 1010. The number of aromatic nitrogens is 3. The molecule has 1 amide bonds. The molecule has 4 aromatic rings. The number of nitrogens with one attached hydrogen (secondary N) is 2. The molecule has 0 saturated carbocycles. The fourth-order valence-corrected chi connectivity index (χ4v) is 2.78. The van der Waals surface area contributed by atoms with Gasteiger partial charge in [0, 0.05) is 53.4 Å². The summed E-state index contributed by atoms with van der Waals surface area (Å²) in [6, 6.07) is 15.2. The van der Waals surface area contributed by atoms with Crippen molar-refractivity contribution in [3.8, 4) is 11.3 Å². The highest BCUT2D eigenvalue weighted by Crippen LogP contribution is 2.25. The van der Waals surface area contributed by atoms with Crippen molar-refractivity contribution < 1.29 is 4.79 Å². The molecule has 4 rings (SSSR count). The van der Waals surface area contributed by atoms with Crippen LogP contribution in [0.2, 0.25) is 0 Å². The van der Waals surface area contributed by atoms with Crippen LogP contribution in [-0.4, -0.2) is 20.9 Å². The maximum absolute atomic E-state index is 12.3. The molecule has 3 heterocycles. The third kappa shape index (κ3) is 3.12. The Kier molecular flexibility index (Phi) is 3.96. The van der Waals surface area contributed by atoms with Crippen molar-refractivity contribution in [2.24, 2.45) is 0 Å². The fourth-order valence-electron chi connectivity index (χ4n) is 2.78. The van der Waals surface area contributed by atoms with Gasteiger partial charge in [0.2, 0.25) is 0 Å². The molecule has 0 saturated heterocycles. The number of carbonyl (C=O) groups is 1. The minimum atomic E-state index is -0.101. The summed E-state index contributed by atoms with van der Waals surface area (Å²) in [5.74, 6) is -0.101. The van der Waals surface area contributed by atoms with E-state index in [1.54, 1.807) is 18.6 Å². The molecule has 1 aromatic carbocycles. The zero-order chi connectivity index (χ0) is 17.1. The first-order chi connectivity index (χ1) is 12.3. The van der Waals surface area contributed by atoms with Crippen molar-refractivity contribution in [3.05, 3.63) is 84.4 Å². The second kappa shape index (κ2) is 6.57. The molecule has 2 N–H and O–H groups in total. The van der Waals surface area contributed by atoms with Crippen LogP contribution in [0.1, 0.15) is 15.9 Å². The van der Waals surface area contributed by atoms with E-state index in [2.05, 4.69) is 20.3 Å². The van der Waals surface area contributed by atoms with Crippen LogP contribution in [0.5, 0.6) is 0 Å². The van der Waals surface area contributed by atoms with Crippen LogP contribution < -0.4 is 5.32 Å². The van der Waals surface area contributed by atoms with E-state index in [0.29, 0.717) is 12.1 Å². The van der Waals surface area contributed by atoms with Gasteiger partial charge < -0.3 is 10.3 Å². The van der Waals surface area contributed by atoms with Crippen LogP contribution in [-0.2, 0) is 6.54 Å². The van der Waals surface area contributed by atoms with Crippen LogP contribution in [0, 0.1) is 0 Å². The van der Waals surface area contributed by atoms with Crippen molar-refractivity contribution in [1.82, 2.24) is 20.3 Å². The first-order valence-electron chi connectivity index (χ1n) is 8.01. The predicted molar refractivity (Wildman–Crippen MR) is 96.9 cm³/mol. The van der Waals surface area contributed by atoms with Crippen LogP contribution >= 0.6 is 0 Å². The average Bonchev–Trinajstić information content (AvgIpc) is 3.16. The van der Waals surface area contributed by atoms with Crippen molar-refractivity contribution >= 4 is 16.8 Å². The Balaban J connectivity index is 1.52. The van der Waals surface area contributed by atoms with Crippen molar-refractivity contribution in [2.45, 2.75) is 6.54 Å². The number of rotatable bonds is 4. The third-order valence-electron chi connectivity index (χ3n) is 4.10. The number of fused-ring (bicyclic) bond motifs is 1. The largest absolute Gasteiger partial charge is 0.361 e. The molecule has 0 atom stereocenters. The molecule has 3 aromatic heterocycles. The molecule has 0 unspecified atom stereocenters. The Morgan fingerprint density at radius 1 is 0.960 bits per heavy atom. The summed E-state index contributed by atoms with van der Waals surface area (Å²) in [5.41, 5.74) is 4.57. The number of aromatic amines is 1. The zero-order valence-corrected chi connectivity index (χ0v) is 13.4. The summed E-state index contributed by atoms with van der Waals surface area (Å²) in [4.78, 5) is 23.9. The van der Waals surface area contributed by atoms with Gasteiger partial charge in [-0.05, 0) is 42.0 Å². The second-order valence-electron chi connectivity index (χ2n) is 5.71. The average molecular weight is 328 g/mol. The van der Waals surface area contributed by atoms with Crippen molar-refractivity contribution in [1.29, 1.82) is 0 Å². The topological polar surface area (TPSA) is 70.7 Å². The molecule has 25 heavy (non-hydrogen) atoms. The van der Waals surface area contributed by atoms with Gasteiger partial charge in [-0.15, -0.1) is 0 Å². The Morgan fingerprint density at radius 2 is 1.76 bits per heavy atom. The normalized spacial score (nSPS) is 10.7. The number of hydrogen-bond donors (Lipinski definition) is 2. The Hall–Kier alpha value is -3.47. The number of carbonyl (C=O) groups excluding carboxylic acids is 1. The van der Waals surface area contributed by atoms with E-state index in [4.69, 9.17) is 0 Å². The van der Waals surface area contributed by atoms with E-state index in [0.717, 1.165) is 27.7 Å². The summed E-state index contributed by atoms with van der Waals surface area (Å²) in [6.45, 7) is 0.479. The highest BCUT2D eigenvalue weighted by atomic mass is 16.1. The molecule has 122 valence electrons. The van der Waals surface area contributed by atoms with Crippen molar-refractivity contribution in [2.75, 3.05) is 0 Å². The third-order valence-corrected chi connectivity index (χ3v) is 4.10. The first kappa shape index (κ1) is 15.1. The fraction of sp³-hybridized carbons (Fsp3) is 0.0500. The van der Waals surface area contributed by atoms with Crippen molar-refractivity contribution in [3.63, 3.8) is 0 Å². The highest BCUT2D eigenvalue weighted by Gasteiger charge is 2.09. The SMILES string of the molecule is O=C(NCc1ccncc1)c1ccc(-c2nccc3[nH]ccc23)cc1. The Morgan fingerprint density at radius 3 is 2.56 bits per heavy atom. The van der Waals surface area contributed by atoms with Crippen LogP contribution in [0.3, 0.4) is 0 Å². The molecule has 5 nitrogen and oxygen atoms in total. The number of nitrogens with zero attached hydrogens (tertiary/aromatic N) is 2. The van der Waals surface area contributed by atoms with E-state index in [-0.39, 0.29) is 5.91 Å². The summed E-state index contributed by atoms with van der Waals surface area (Å²) < 4.78 is 0. The lowest BCUT2D eigenvalue weighted by molar-refractivity contribution is 0.0951. The summed E-state index contributed by atoms with van der Waals surface area (Å²) in [7, 11) is 0. The van der Waals surface area contributed by atoms with E-state index >= 15 is 0 Å². The van der Waals surface area contributed by atoms with Gasteiger partial charge in [0.1, 0.15) is 0 Å². The summed E-state index contributed by atoms with van der Waals surface area (Å²) in [6.07, 6.45) is 7.11.